The van der Waals surface area contributed by atoms with E-state index in [9.17, 15) is 0 Å². The van der Waals surface area contributed by atoms with Crippen LogP contribution in [0.3, 0.4) is 0 Å². The molecule has 2 rings (SSSR count). The normalized spacial score (nSPS) is 33.6. The zero-order valence-electron chi connectivity index (χ0n) is 10.9. The van der Waals surface area contributed by atoms with Crippen molar-refractivity contribution in [3.63, 3.8) is 0 Å². The second-order valence-corrected chi connectivity index (χ2v) is 6.08. The van der Waals surface area contributed by atoms with Crippen LogP contribution in [0.1, 0.15) is 39.5 Å². The van der Waals surface area contributed by atoms with Crippen LogP contribution in [0.2, 0.25) is 0 Å². The second-order valence-electron chi connectivity index (χ2n) is 6.08. The third-order valence-corrected chi connectivity index (χ3v) is 4.40. The van der Waals surface area contributed by atoms with Gasteiger partial charge in [-0.2, -0.15) is 0 Å². The van der Waals surface area contributed by atoms with Crippen LogP contribution in [-0.4, -0.2) is 43.3 Å². The molecule has 2 fully saturated rings. The highest BCUT2D eigenvalue weighted by Crippen LogP contribution is 2.41. The molecule has 0 amide bonds. The highest BCUT2D eigenvalue weighted by atomic mass is 16.5. The quantitative estimate of drug-likeness (QED) is 0.774. The molecule has 0 radical (unpaired) electrons. The lowest BCUT2D eigenvalue weighted by molar-refractivity contribution is 0.101. The summed E-state index contributed by atoms with van der Waals surface area (Å²) in [5.74, 6) is 0. The molecule has 94 valence electrons. The van der Waals surface area contributed by atoms with Crippen molar-refractivity contribution in [3.05, 3.63) is 0 Å². The molecule has 2 aliphatic carbocycles. The van der Waals surface area contributed by atoms with Crippen LogP contribution in [0.25, 0.3) is 0 Å². The fraction of sp³-hybridized carbons (Fsp3) is 1.00. The van der Waals surface area contributed by atoms with E-state index in [1.807, 2.05) is 0 Å². The van der Waals surface area contributed by atoms with E-state index in [1.165, 1.54) is 25.7 Å². The van der Waals surface area contributed by atoms with E-state index < -0.39 is 0 Å². The SMILES string of the molecule is COCCN(C1CC1)C1CCC(C)(C)C1N. The molecule has 2 saturated carbocycles. The highest BCUT2D eigenvalue weighted by Gasteiger charge is 2.45. The minimum absolute atomic E-state index is 0.310. The number of ether oxygens (including phenoxy) is 1. The molecule has 2 atom stereocenters. The van der Waals surface area contributed by atoms with E-state index in [4.69, 9.17) is 10.5 Å². The Bertz CT molecular complexity index is 238. The van der Waals surface area contributed by atoms with Crippen LogP contribution >= 0.6 is 0 Å². The Morgan fingerprint density at radius 3 is 2.44 bits per heavy atom. The summed E-state index contributed by atoms with van der Waals surface area (Å²) in [4.78, 5) is 2.61. The fourth-order valence-electron chi connectivity index (χ4n) is 2.98. The molecule has 2 unspecified atom stereocenters. The number of nitrogens with zero attached hydrogens (tertiary/aromatic N) is 1. The molecule has 0 heterocycles. The molecule has 2 aliphatic rings. The van der Waals surface area contributed by atoms with Gasteiger partial charge in [-0.3, -0.25) is 4.90 Å². The van der Waals surface area contributed by atoms with E-state index in [0.29, 0.717) is 17.5 Å². The van der Waals surface area contributed by atoms with E-state index >= 15 is 0 Å². The lowest BCUT2D eigenvalue weighted by atomic mass is 9.87. The van der Waals surface area contributed by atoms with Gasteiger partial charge in [0.05, 0.1) is 6.61 Å². The predicted molar refractivity (Wildman–Crippen MR) is 66.4 cm³/mol. The van der Waals surface area contributed by atoms with Gasteiger partial charge in [-0.05, 0) is 31.1 Å². The molecule has 0 aromatic rings. The summed E-state index contributed by atoms with van der Waals surface area (Å²) in [6, 6.07) is 1.70. The van der Waals surface area contributed by atoms with Crippen molar-refractivity contribution in [1.82, 2.24) is 4.90 Å². The van der Waals surface area contributed by atoms with Gasteiger partial charge in [-0.1, -0.05) is 13.8 Å². The zero-order chi connectivity index (χ0) is 11.8. The first kappa shape index (κ1) is 12.3. The van der Waals surface area contributed by atoms with Gasteiger partial charge in [0.1, 0.15) is 0 Å². The van der Waals surface area contributed by atoms with E-state index in [1.54, 1.807) is 7.11 Å². The topological polar surface area (TPSA) is 38.5 Å². The van der Waals surface area contributed by atoms with E-state index in [0.717, 1.165) is 19.2 Å². The Hall–Kier alpha value is -0.120. The minimum Gasteiger partial charge on any atom is -0.383 e. The molecule has 2 N–H and O–H groups in total. The maximum Gasteiger partial charge on any atom is 0.0589 e. The maximum absolute atomic E-state index is 6.41. The molecule has 0 saturated heterocycles. The van der Waals surface area contributed by atoms with Gasteiger partial charge in [-0.25, -0.2) is 0 Å². The van der Waals surface area contributed by atoms with Crippen molar-refractivity contribution < 1.29 is 4.74 Å². The summed E-state index contributed by atoms with van der Waals surface area (Å²) < 4.78 is 5.21. The Kier molecular flexibility index (Phi) is 3.57. The summed E-state index contributed by atoms with van der Waals surface area (Å²) in [6.45, 7) is 6.49. The standard InChI is InChI=1S/C13H26N2O/c1-13(2)7-6-11(12(13)14)15(8-9-16-3)10-4-5-10/h10-12H,4-9,14H2,1-3H3. The van der Waals surface area contributed by atoms with Gasteiger partial charge < -0.3 is 10.5 Å². The maximum atomic E-state index is 6.41. The molecule has 0 bridgehead atoms. The van der Waals surface area contributed by atoms with Gasteiger partial charge >= 0.3 is 0 Å². The van der Waals surface area contributed by atoms with Gasteiger partial charge in [0.15, 0.2) is 0 Å². The van der Waals surface area contributed by atoms with Gasteiger partial charge in [0, 0.05) is 31.8 Å². The predicted octanol–water partition coefficient (Wildman–Crippen LogP) is 1.61. The van der Waals surface area contributed by atoms with Gasteiger partial charge in [0.25, 0.3) is 0 Å². The largest absolute Gasteiger partial charge is 0.383 e. The van der Waals surface area contributed by atoms with Crippen molar-refractivity contribution in [2.75, 3.05) is 20.3 Å². The first-order valence-corrected chi connectivity index (χ1v) is 6.56. The summed E-state index contributed by atoms with van der Waals surface area (Å²) in [5.41, 5.74) is 6.72. The highest BCUT2D eigenvalue weighted by molar-refractivity contribution is 5.02. The molecule has 0 aliphatic heterocycles. The summed E-state index contributed by atoms with van der Waals surface area (Å²) in [5, 5.41) is 0. The zero-order valence-corrected chi connectivity index (χ0v) is 10.9. The van der Waals surface area contributed by atoms with Crippen LogP contribution < -0.4 is 5.73 Å². The summed E-state index contributed by atoms with van der Waals surface area (Å²) >= 11 is 0. The Balaban J connectivity index is 1.97. The Morgan fingerprint density at radius 1 is 1.31 bits per heavy atom. The number of rotatable bonds is 5. The molecular formula is C13H26N2O. The van der Waals surface area contributed by atoms with Crippen molar-refractivity contribution in [2.45, 2.75) is 57.7 Å². The van der Waals surface area contributed by atoms with Gasteiger partial charge in [-0.15, -0.1) is 0 Å². The van der Waals surface area contributed by atoms with Crippen LogP contribution in [0.15, 0.2) is 0 Å². The van der Waals surface area contributed by atoms with E-state index in [2.05, 4.69) is 18.7 Å². The van der Waals surface area contributed by atoms with Crippen LogP contribution in [-0.2, 0) is 4.74 Å². The molecule has 16 heavy (non-hydrogen) atoms. The lowest BCUT2D eigenvalue weighted by Gasteiger charge is -2.35. The molecule has 3 nitrogen and oxygen atoms in total. The summed E-state index contributed by atoms with van der Waals surface area (Å²) in [6.07, 6.45) is 5.23. The van der Waals surface area contributed by atoms with E-state index in [-0.39, 0.29) is 0 Å². The number of hydrogen-bond donors (Lipinski definition) is 1. The smallest absolute Gasteiger partial charge is 0.0589 e. The Labute approximate surface area is 99.3 Å². The second kappa shape index (κ2) is 4.63. The van der Waals surface area contributed by atoms with Crippen LogP contribution in [0, 0.1) is 5.41 Å². The molecule has 0 aromatic carbocycles. The van der Waals surface area contributed by atoms with Crippen molar-refractivity contribution in [1.29, 1.82) is 0 Å². The molecule has 0 spiro atoms. The molecule has 3 heteroatoms. The van der Waals surface area contributed by atoms with Gasteiger partial charge in [0.2, 0.25) is 0 Å². The minimum atomic E-state index is 0.310. The van der Waals surface area contributed by atoms with Crippen LogP contribution in [0.4, 0.5) is 0 Å². The fourth-order valence-corrected chi connectivity index (χ4v) is 2.98. The number of nitrogens with two attached hydrogens (primary N) is 1. The monoisotopic (exact) mass is 226 g/mol. The van der Waals surface area contributed by atoms with Crippen molar-refractivity contribution in [2.24, 2.45) is 11.1 Å². The Morgan fingerprint density at radius 2 is 2.00 bits per heavy atom. The third-order valence-electron chi connectivity index (χ3n) is 4.40. The van der Waals surface area contributed by atoms with Crippen LogP contribution in [0.5, 0.6) is 0 Å². The number of hydrogen-bond acceptors (Lipinski definition) is 3. The van der Waals surface area contributed by atoms with Crippen molar-refractivity contribution >= 4 is 0 Å². The average molecular weight is 226 g/mol. The number of methoxy groups -OCH3 is 1. The lowest BCUT2D eigenvalue weighted by Crippen LogP contribution is -2.50. The van der Waals surface area contributed by atoms with Crippen molar-refractivity contribution in [3.8, 4) is 0 Å². The summed E-state index contributed by atoms with van der Waals surface area (Å²) in [7, 11) is 1.78. The molecule has 0 aromatic heterocycles. The first-order valence-electron chi connectivity index (χ1n) is 6.56. The first-order chi connectivity index (χ1) is 7.56. The average Bonchev–Trinajstić information content (AvgIpc) is 3.01. The molecular weight excluding hydrogens is 200 g/mol. The third kappa shape index (κ3) is 2.41.